The lowest BCUT2D eigenvalue weighted by atomic mass is 10.2. The number of carbonyl (C=O) groups excluding carboxylic acids is 1. The number of hydrogen-bond donors (Lipinski definition) is 2. The van der Waals surface area contributed by atoms with Crippen LogP contribution in [0.1, 0.15) is 16.2 Å². The van der Waals surface area contributed by atoms with Gasteiger partial charge in [0.15, 0.2) is 5.13 Å². The first-order valence-corrected chi connectivity index (χ1v) is 8.44. The zero-order valence-electron chi connectivity index (χ0n) is 12.1. The van der Waals surface area contributed by atoms with Gasteiger partial charge in [0.2, 0.25) is 5.91 Å². The predicted molar refractivity (Wildman–Crippen MR) is 84.9 cm³/mol. The number of alkyl halides is 2. The molecule has 1 fully saturated rings. The fourth-order valence-corrected chi connectivity index (χ4v) is 4.14. The normalized spacial score (nSPS) is 20.3. The third-order valence-corrected chi connectivity index (χ3v) is 5.32. The van der Waals surface area contributed by atoms with Gasteiger partial charge in [0.1, 0.15) is 0 Å². The fourth-order valence-electron chi connectivity index (χ4n) is 2.33. The Bertz CT molecular complexity index is 711. The SMILES string of the molecule is Cc1ccc(-c2nc(NC(=O)C3CC(F)(F)CN3)sc2C)s1. The number of nitrogens with one attached hydrogen (secondary N) is 2. The van der Waals surface area contributed by atoms with Crippen LogP contribution in [0.3, 0.4) is 0 Å². The Morgan fingerprint density at radius 2 is 2.18 bits per heavy atom. The molecular weight excluding hydrogens is 328 g/mol. The summed E-state index contributed by atoms with van der Waals surface area (Å²) in [5.41, 5.74) is 0.836. The molecule has 2 aromatic heterocycles. The molecule has 1 aliphatic heterocycles. The maximum Gasteiger partial charge on any atom is 0.262 e. The van der Waals surface area contributed by atoms with E-state index in [1.165, 1.54) is 16.2 Å². The van der Waals surface area contributed by atoms with Gasteiger partial charge in [-0.3, -0.25) is 10.1 Å². The van der Waals surface area contributed by atoms with Crippen molar-refractivity contribution in [3.63, 3.8) is 0 Å². The van der Waals surface area contributed by atoms with Gasteiger partial charge in [-0.1, -0.05) is 0 Å². The largest absolute Gasteiger partial charge is 0.301 e. The van der Waals surface area contributed by atoms with Crippen LogP contribution in [0.25, 0.3) is 10.6 Å². The summed E-state index contributed by atoms with van der Waals surface area (Å²) in [4.78, 5) is 19.7. The molecule has 0 bridgehead atoms. The van der Waals surface area contributed by atoms with Gasteiger partial charge in [-0.05, 0) is 26.0 Å². The van der Waals surface area contributed by atoms with E-state index in [2.05, 4.69) is 15.6 Å². The highest BCUT2D eigenvalue weighted by Gasteiger charge is 2.42. The number of anilines is 1. The number of amides is 1. The second-order valence-corrected chi connectivity index (χ2v) is 7.81. The number of hydrogen-bond acceptors (Lipinski definition) is 5. The van der Waals surface area contributed by atoms with Crippen molar-refractivity contribution >= 4 is 33.7 Å². The Labute approximate surface area is 134 Å². The maximum absolute atomic E-state index is 13.1. The summed E-state index contributed by atoms with van der Waals surface area (Å²) in [5, 5.41) is 5.62. The summed E-state index contributed by atoms with van der Waals surface area (Å²) in [6.45, 7) is 3.49. The van der Waals surface area contributed by atoms with Crippen LogP contribution >= 0.6 is 22.7 Å². The van der Waals surface area contributed by atoms with Crippen molar-refractivity contribution in [1.29, 1.82) is 0 Å². The summed E-state index contributed by atoms with van der Waals surface area (Å²) in [6, 6.07) is 3.14. The molecule has 0 aromatic carbocycles. The summed E-state index contributed by atoms with van der Waals surface area (Å²) in [5.74, 6) is -3.28. The molecule has 2 aromatic rings. The van der Waals surface area contributed by atoms with Gasteiger partial charge < -0.3 is 5.32 Å². The standard InChI is InChI=1S/C14H15F2N3OS2/c1-7-3-4-10(21-7)11-8(2)22-13(18-11)19-12(20)9-5-14(15,16)6-17-9/h3-4,9,17H,5-6H2,1-2H3,(H,18,19,20). The first-order valence-electron chi connectivity index (χ1n) is 6.80. The van der Waals surface area contributed by atoms with Crippen molar-refractivity contribution in [2.24, 2.45) is 0 Å². The van der Waals surface area contributed by atoms with E-state index in [9.17, 15) is 13.6 Å². The number of thiophene rings is 1. The lowest BCUT2D eigenvalue weighted by molar-refractivity contribution is -0.118. The van der Waals surface area contributed by atoms with E-state index in [-0.39, 0.29) is 0 Å². The lowest BCUT2D eigenvalue weighted by Gasteiger charge is -2.08. The van der Waals surface area contributed by atoms with Crippen LogP contribution in [0.4, 0.5) is 13.9 Å². The van der Waals surface area contributed by atoms with Crippen molar-refractivity contribution in [2.45, 2.75) is 32.2 Å². The van der Waals surface area contributed by atoms with E-state index in [4.69, 9.17) is 0 Å². The van der Waals surface area contributed by atoms with Crippen molar-refractivity contribution in [3.05, 3.63) is 21.9 Å². The molecule has 1 saturated heterocycles. The second-order valence-electron chi connectivity index (χ2n) is 5.32. The Hall–Kier alpha value is -1.38. The first kappa shape index (κ1) is 15.5. The summed E-state index contributed by atoms with van der Waals surface area (Å²) in [6.07, 6.45) is -0.472. The van der Waals surface area contributed by atoms with Crippen LogP contribution in [-0.4, -0.2) is 29.4 Å². The molecule has 22 heavy (non-hydrogen) atoms. The number of carbonyl (C=O) groups is 1. The maximum atomic E-state index is 13.1. The van der Waals surface area contributed by atoms with Crippen molar-refractivity contribution < 1.29 is 13.6 Å². The molecule has 1 unspecified atom stereocenters. The summed E-state index contributed by atoms with van der Waals surface area (Å²) >= 11 is 2.99. The average Bonchev–Trinajstić information content (AvgIpc) is 3.09. The van der Waals surface area contributed by atoms with E-state index >= 15 is 0 Å². The highest BCUT2D eigenvalue weighted by atomic mass is 32.1. The quantitative estimate of drug-likeness (QED) is 0.898. The molecule has 0 saturated carbocycles. The highest BCUT2D eigenvalue weighted by Crippen LogP contribution is 2.34. The van der Waals surface area contributed by atoms with Gasteiger partial charge >= 0.3 is 0 Å². The molecule has 3 rings (SSSR count). The topological polar surface area (TPSA) is 54.0 Å². The lowest BCUT2D eigenvalue weighted by Crippen LogP contribution is -2.35. The van der Waals surface area contributed by atoms with Gasteiger partial charge in [-0.2, -0.15) is 0 Å². The minimum Gasteiger partial charge on any atom is -0.301 e. The van der Waals surface area contributed by atoms with Crippen LogP contribution in [-0.2, 0) is 4.79 Å². The highest BCUT2D eigenvalue weighted by molar-refractivity contribution is 7.18. The predicted octanol–water partition coefficient (Wildman–Crippen LogP) is 3.42. The Kier molecular flexibility index (Phi) is 4.00. The van der Waals surface area contributed by atoms with Gasteiger partial charge in [-0.25, -0.2) is 13.8 Å². The monoisotopic (exact) mass is 343 g/mol. The molecule has 1 amide bonds. The van der Waals surface area contributed by atoms with Gasteiger partial charge in [0.05, 0.1) is 23.2 Å². The minimum atomic E-state index is -2.82. The van der Waals surface area contributed by atoms with E-state index in [1.54, 1.807) is 11.3 Å². The Balaban J connectivity index is 1.73. The van der Waals surface area contributed by atoms with Crippen LogP contribution in [0, 0.1) is 13.8 Å². The second kappa shape index (κ2) is 5.68. The molecule has 1 aliphatic rings. The van der Waals surface area contributed by atoms with Crippen molar-refractivity contribution in [2.75, 3.05) is 11.9 Å². The molecule has 2 N–H and O–H groups in total. The first-order chi connectivity index (χ1) is 10.3. The Morgan fingerprint density at radius 3 is 2.77 bits per heavy atom. The van der Waals surface area contributed by atoms with E-state index in [0.717, 1.165) is 15.4 Å². The molecule has 1 atom stereocenters. The van der Waals surface area contributed by atoms with E-state index < -0.39 is 30.8 Å². The number of aryl methyl sites for hydroxylation is 2. The molecular formula is C14H15F2N3OS2. The van der Waals surface area contributed by atoms with Crippen LogP contribution in [0.5, 0.6) is 0 Å². The molecule has 8 heteroatoms. The molecule has 3 heterocycles. The number of rotatable bonds is 3. The van der Waals surface area contributed by atoms with Crippen molar-refractivity contribution in [1.82, 2.24) is 10.3 Å². The van der Waals surface area contributed by atoms with Gasteiger partial charge in [-0.15, -0.1) is 22.7 Å². The summed E-state index contributed by atoms with van der Waals surface area (Å²) < 4.78 is 26.3. The molecule has 0 aliphatic carbocycles. The number of thiazole rings is 1. The Morgan fingerprint density at radius 1 is 1.41 bits per heavy atom. The number of aromatic nitrogens is 1. The van der Waals surface area contributed by atoms with Crippen molar-refractivity contribution in [3.8, 4) is 10.6 Å². The molecule has 4 nitrogen and oxygen atoms in total. The van der Waals surface area contributed by atoms with E-state index in [1.807, 2.05) is 26.0 Å². The van der Waals surface area contributed by atoms with Gasteiger partial charge in [0.25, 0.3) is 5.92 Å². The average molecular weight is 343 g/mol. The number of halogens is 2. The number of nitrogens with zero attached hydrogens (tertiary/aromatic N) is 1. The molecule has 118 valence electrons. The van der Waals surface area contributed by atoms with Crippen LogP contribution in [0.2, 0.25) is 0 Å². The smallest absolute Gasteiger partial charge is 0.262 e. The van der Waals surface area contributed by atoms with Crippen LogP contribution in [0.15, 0.2) is 12.1 Å². The van der Waals surface area contributed by atoms with E-state index in [0.29, 0.717) is 5.13 Å². The molecule has 0 spiro atoms. The fraction of sp³-hybridized carbons (Fsp3) is 0.429. The third kappa shape index (κ3) is 3.18. The zero-order valence-corrected chi connectivity index (χ0v) is 13.7. The zero-order chi connectivity index (χ0) is 15.9. The van der Waals surface area contributed by atoms with Crippen LogP contribution < -0.4 is 10.6 Å². The minimum absolute atomic E-state index is 0.445. The summed E-state index contributed by atoms with van der Waals surface area (Å²) in [7, 11) is 0. The third-order valence-electron chi connectivity index (χ3n) is 3.43. The van der Waals surface area contributed by atoms with Gasteiger partial charge in [0, 0.05) is 16.2 Å². The molecule has 0 radical (unpaired) electrons.